The molecule has 0 aliphatic carbocycles. The SMILES string of the molecule is CCCS(=O)(=O)Nc1ccc2c(c1)OCO2. The summed E-state index contributed by atoms with van der Waals surface area (Å²) < 4.78 is 35.8. The third-order valence-electron chi connectivity index (χ3n) is 2.12. The number of hydrogen-bond acceptors (Lipinski definition) is 4. The second kappa shape index (κ2) is 4.21. The molecule has 0 saturated carbocycles. The molecule has 1 N–H and O–H groups in total. The Hall–Kier alpha value is -1.43. The fraction of sp³-hybridized carbons (Fsp3) is 0.400. The van der Waals surface area contributed by atoms with Crippen molar-refractivity contribution in [2.75, 3.05) is 17.3 Å². The summed E-state index contributed by atoms with van der Waals surface area (Å²) in [5, 5.41) is 0. The van der Waals surface area contributed by atoms with Gasteiger partial charge < -0.3 is 9.47 Å². The summed E-state index contributed by atoms with van der Waals surface area (Å²) in [4.78, 5) is 0. The van der Waals surface area contributed by atoms with Gasteiger partial charge in [-0.1, -0.05) is 6.92 Å². The quantitative estimate of drug-likeness (QED) is 0.871. The van der Waals surface area contributed by atoms with Crippen molar-refractivity contribution < 1.29 is 17.9 Å². The minimum absolute atomic E-state index is 0.113. The lowest BCUT2D eigenvalue weighted by atomic mass is 10.3. The summed E-state index contributed by atoms with van der Waals surface area (Å²) >= 11 is 0. The number of rotatable bonds is 4. The van der Waals surface area contributed by atoms with Gasteiger partial charge >= 0.3 is 0 Å². The standard InChI is InChI=1S/C10H13NO4S/c1-2-5-16(12,13)11-8-3-4-9-10(6-8)15-7-14-9/h3-4,6,11H,2,5,7H2,1H3. The molecule has 1 aliphatic heterocycles. The van der Waals surface area contributed by atoms with Crippen LogP contribution in [0.15, 0.2) is 18.2 Å². The largest absolute Gasteiger partial charge is 0.454 e. The van der Waals surface area contributed by atoms with Crippen LogP contribution in [-0.4, -0.2) is 21.0 Å². The van der Waals surface area contributed by atoms with Gasteiger partial charge in [-0.15, -0.1) is 0 Å². The maximum absolute atomic E-state index is 11.5. The molecule has 0 atom stereocenters. The summed E-state index contributed by atoms with van der Waals surface area (Å²) in [7, 11) is -3.25. The Morgan fingerprint density at radius 1 is 1.31 bits per heavy atom. The highest BCUT2D eigenvalue weighted by molar-refractivity contribution is 7.92. The fourth-order valence-electron chi connectivity index (χ4n) is 1.46. The average molecular weight is 243 g/mol. The smallest absolute Gasteiger partial charge is 0.232 e. The minimum atomic E-state index is -3.25. The Balaban J connectivity index is 2.17. The van der Waals surface area contributed by atoms with E-state index in [9.17, 15) is 8.42 Å². The second-order valence-corrected chi connectivity index (χ2v) is 5.33. The molecule has 0 unspecified atom stereocenters. The Morgan fingerprint density at radius 3 is 2.81 bits per heavy atom. The molecule has 2 rings (SSSR count). The molecule has 5 nitrogen and oxygen atoms in total. The first-order chi connectivity index (χ1) is 7.61. The van der Waals surface area contributed by atoms with Crippen molar-refractivity contribution in [3.05, 3.63) is 18.2 Å². The third-order valence-corrected chi connectivity index (χ3v) is 3.61. The second-order valence-electron chi connectivity index (χ2n) is 3.49. The van der Waals surface area contributed by atoms with Crippen LogP contribution in [0.25, 0.3) is 0 Å². The van der Waals surface area contributed by atoms with Crippen molar-refractivity contribution in [3.63, 3.8) is 0 Å². The van der Waals surface area contributed by atoms with Crippen molar-refractivity contribution in [1.29, 1.82) is 0 Å². The van der Waals surface area contributed by atoms with E-state index in [-0.39, 0.29) is 12.5 Å². The van der Waals surface area contributed by atoms with E-state index in [1.807, 2.05) is 6.92 Å². The van der Waals surface area contributed by atoms with Gasteiger partial charge in [0.25, 0.3) is 0 Å². The van der Waals surface area contributed by atoms with Gasteiger partial charge in [0, 0.05) is 6.07 Å². The molecule has 1 aliphatic rings. The molecular weight excluding hydrogens is 230 g/mol. The van der Waals surface area contributed by atoms with E-state index in [4.69, 9.17) is 9.47 Å². The number of anilines is 1. The average Bonchev–Trinajstić information content (AvgIpc) is 2.63. The summed E-state index contributed by atoms with van der Waals surface area (Å²) in [6, 6.07) is 4.96. The maximum atomic E-state index is 11.5. The molecule has 0 fully saturated rings. The monoisotopic (exact) mass is 243 g/mol. The molecule has 0 bridgehead atoms. The maximum Gasteiger partial charge on any atom is 0.232 e. The highest BCUT2D eigenvalue weighted by Gasteiger charge is 2.15. The van der Waals surface area contributed by atoms with Crippen LogP contribution in [0.2, 0.25) is 0 Å². The van der Waals surface area contributed by atoms with Crippen molar-refractivity contribution in [2.45, 2.75) is 13.3 Å². The predicted octanol–water partition coefficient (Wildman–Crippen LogP) is 1.57. The number of ether oxygens (including phenoxy) is 2. The number of benzene rings is 1. The molecule has 88 valence electrons. The van der Waals surface area contributed by atoms with Crippen LogP contribution in [0.3, 0.4) is 0 Å². The molecule has 0 radical (unpaired) electrons. The number of nitrogens with one attached hydrogen (secondary N) is 1. The summed E-state index contributed by atoms with van der Waals surface area (Å²) in [6.07, 6.45) is 0.583. The Kier molecular flexibility index (Phi) is 2.91. The zero-order valence-corrected chi connectivity index (χ0v) is 9.71. The van der Waals surface area contributed by atoms with Gasteiger partial charge in [0.05, 0.1) is 11.4 Å². The normalized spacial score (nSPS) is 13.8. The topological polar surface area (TPSA) is 64.6 Å². The molecule has 0 saturated heterocycles. The van der Waals surface area contributed by atoms with E-state index in [0.717, 1.165) is 0 Å². The molecule has 6 heteroatoms. The lowest BCUT2D eigenvalue weighted by molar-refractivity contribution is 0.174. The van der Waals surface area contributed by atoms with Crippen molar-refractivity contribution >= 4 is 15.7 Å². The van der Waals surface area contributed by atoms with Crippen LogP contribution in [0, 0.1) is 0 Å². The van der Waals surface area contributed by atoms with Gasteiger partial charge in [-0.05, 0) is 18.6 Å². The Labute approximate surface area is 94.4 Å². The number of sulfonamides is 1. The first-order valence-corrected chi connectivity index (χ1v) is 6.66. The highest BCUT2D eigenvalue weighted by Crippen LogP contribution is 2.34. The molecule has 0 aromatic heterocycles. The lowest BCUT2D eigenvalue weighted by Crippen LogP contribution is -2.15. The summed E-state index contributed by atoms with van der Waals surface area (Å²) in [6.45, 7) is 2.00. The molecule has 1 aromatic carbocycles. The zero-order chi connectivity index (χ0) is 11.6. The molecule has 16 heavy (non-hydrogen) atoms. The number of hydrogen-bond donors (Lipinski definition) is 1. The molecule has 1 aromatic rings. The van der Waals surface area contributed by atoms with Crippen LogP contribution >= 0.6 is 0 Å². The molecular formula is C10H13NO4S. The van der Waals surface area contributed by atoms with Gasteiger partial charge in [-0.3, -0.25) is 4.72 Å². The number of fused-ring (bicyclic) bond motifs is 1. The van der Waals surface area contributed by atoms with Crippen LogP contribution in [0.1, 0.15) is 13.3 Å². The predicted molar refractivity (Wildman–Crippen MR) is 60.3 cm³/mol. The Bertz CT molecular complexity index is 484. The summed E-state index contributed by atoms with van der Waals surface area (Å²) in [5.41, 5.74) is 0.498. The van der Waals surface area contributed by atoms with Gasteiger partial charge in [-0.2, -0.15) is 0 Å². The van der Waals surface area contributed by atoms with Crippen LogP contribution in [-0.2, 0) is 10.0 Å². The van der Waals surface area contributed by atoms with Crippen molar-refractivity contribution in [2.24, 2.45) is 0 Å². The van der Waals surface area contributed by atoms with Crippen LogP contribution in [0.5, 0.6) is 11.5 Å². The van der Waals surface area contributed by atoms with Gasteiger partial charge in [0.2, 0.25) is 16.8 Å². The van der Waals surface area contributed by atoms with Crippen LogP contribution < -0.4 is 14.2 Å². The minimum Gasteiger partial charge on any atom is -0.454 e. The summed E-state index contributed by atoms with van der Waals surface area (Å²) in [5.74, 6) is 1.32. The van der Waals surface area contributed by atoms with E-state index in [1.54, 1.807) is 18.2 Å². The van der Waals surface area contributed by atoms with Crippen LogP contribution in [0.4, 0.5) is 5.69 Å². The zero-order valence-electron chi connectivity index (χ0n) is 8.89. The Morgan fingerprint density at radius 2 is 2.06 bits per heavy atom. The van der Waals surface area contributed by atoms with Crippen molar-refractivity contribution in [3.8, 4) is 11.5 Å². The fourth-order valence-corrected chi connectivity index (χ4v) is 2.58. The van der Waals surface area contributed by atoms with Gasteiger partial charge in [-0.25, -0.2) is 8.42 Å². The van der Waals surface area contributed by atoms with E-state index >= 15 is 0 Å². The van der Waals surface area contributed by atoms with E-state index in [0.29, 0.717) is 23.6 Å². The molecule has 1 heterocycles. The molecule has 0 amide bonds. The van der Waals surface area contributed by atoms with E-state index in [2.05, 4.69) is 4.72 Å². The molecule has 0 spiro atoms. The first-order valence-electron chi connectivity index (χ1n) is 5.01. The van der Waals surface area contributed by atoms with Gasteiger partial charge in [0.1, 0.15) is 0 Å². The highest BCUT2D eigenvalue weighted by atomic mass is 32.2. The van der Waals surface area contributed by atoms with Gasteiger partial charge in [0.15, 0.2) is 11.5 Å². The first kappa shape index (κ1) is 11.1. The van der Waals surface area contributed by atoms with Crippen molar-refractivity contribution in [1.82, 2.24) is 0 Å². The van der Waals surface area contributed by atoms with E-state index in [1.165, 1.54) is 0 Å². The third kappa shape index (κ3) is 2.38. The lowest BCUT2D eigenvalue weighted by Gasteiger charge is -2.07. The van der Waals surface area contributed by atoms with E-state index < -0.39 is 10.0 Å².